The molecule has 0 fully saturated rings. The van der Waals surface area contributed by atoms with E-state index < -0.39 is 0 Å². The second-order valence-electron chi connectivity index (χ2n) is 3.54. The Bertz CT molecular complexity index is 314. The Hall–Kier alpha value is -1.09. The lowest BCUT2D eigenvalue weighted by atomic mass is 10.1. The highest BCUT2D eigenvalue weighted by atomic mass is 32.1. The molecule has 0 aliphatic carbocycles. The van der Waals surface area contributed by atoms with Crippen molar-refractivity contribution in [3.8, 4) is 0 Å². The van der Waals surface area contributed by atoms with Gasteiger partial charge in [-0.15, -0.1) is 0 Å². The molecule has 2 nitrogen and oxygen atoms in total. The van der Waals surface area contributed by atoms with Crippen molar-refractivity contribution in [2.45, 2.75) is 20.3 Å². The van der Waals surface area contributed by atoms with Crippen LogP contribution in [-0.4, -0.2) is 11.7 Å². The zero-order chi connectivity index (χ0) is 10.6. The molecule has 0 aliphatic rings. The maximum Gasteiger partial charge on any atom is 0.163 e. The minimum absolute atomic E-state index is 0.370. The number of rotatable bonds is 3. The smallest absolute Gasteiger partial charge is 0.163 e. The highest BCUT2D eigenvalue weighted by Crippen LogP contribution is 2.08. The van der Waals surface area contributed by atoms with Crippen LogP contribution in [0.4, 0.5) is 0 Å². The zero-order valence-electron chi connectivity index (χ0n) is 8.63. The molecule has 1 aromatic rings. The van der Waals surface area contributed by atoms with Gasteiger partial charge in [0.2, 0.25) is 0 Å². The Morgan fingerprint density at radius 3 is 2.36 bits per heavy atom. The van der Waals surface area contributed by atoms with Crippen LogP contribution >= 0.6 is 12.2 Å². The Morgan fingerprint density at radius 1 is 1.29 bits per heavy atom. The number of thiocarbonyl (C=S) groups is 1. The van der Waals surface area contributed by atoms with Gasteiger partial charge in [0.1, 0.15) is 0 Å². The van der Waals surface area contributed by atoms with E-state index in [-0.39, 0.29) is 0 Å². The zero-order valence-corrected chi connectivity index (χ0v) is 9.45. The van der Waals surface area contributed by atoms with E-state index in [1.54, 1.807) is 0 Å². The van der Waals surface area contributed by atoms with Gasteiger partial charge in [-0.1, -0.05) is 29.3 Å². The van der Waals surface area contributed by atoms with Crippen LogP contribution in [0.2, 0.25) is 0 Å². The van der Waals surface area contributed by atoms with Crippen LogP contribution in [0.15, 0.2) is 18.2 Å². The summed E-state index contributed by atoms with van der Waals surface area (Å²) in [6, 6.07) is 6.55. The molecule has 0 saturated carbocycles. The van der Waals surface area contributed by atoms with Crippen molar-refractivity contribution in [2.75, 3.05) is 6.54 Å². The minimum Gasteiger partial charge on any atom is -0.376 e. The molecule has 1 aromatic carbocycles. The van der Waals surface area contributed by atoms with E-state index in [1.165, 1.54) is 16.7 Å². The van der Waals surface area contributed by atoms with Gasteiger partial charge in [0, 0.05) is 6.54 Å². The van der Waals surface area contributed by atoms with Crippen LogP contribution in [0.5, 0.6) is 0 Å². The molecule has 3 N–H and O–H groups in total. The summed E-state index contributed by atoms with van der Waals surface area (Å²) in [7, 11) is 0. The SMILES string of the molecule is Cc1cc(C)cc(CCNC(N)=S)c1. The summed E-state index contributed by atoms with van der Waals surface area (Å²) >= 11 is 4.73. The van der Waals surface area contributed by atoms with E-state index >= 15 is 0 Å². The Kier molecular flexibility index (Phi) is 3.89. The van der Waals surface area contributed by atoms with Crippen LogP contribution in [0.1, 0.15) is 16.7 Å². The van der Waals surface area contributed by atoms with Crippen LogP contribution in [0, 0.1) is 13.8 Å². The van der Waals surface area contributed by atoms with E-state index in [2.05, 4.69) is 37.4 Å². The third kappa shape index (κ3) is 3.75. The molecule has 0 aromatic heterocycles. The molecule has 0 amide bonds. The molecule has 0 saturated heterocycles. The van der Waals surface area contributed by atoms with Crippen LogP contribution in [-0.2, 0) is 6.42 Å². The van der Waals surface area contributed by atoms with Gasteiger partial charge in [-0.2, -0.15) is 0 Å². The van der Waals surface area contributed by atoms with Crippen LogP contribution in [0.3, 0.4) is 0 Å². The van der Waals surface area contributed by atoms with E-state index in [0.29, 0.717) is 5.11 Å². The standard InChI is InChI=1S/C11H16N2S/c1-8-5-9(2)7-10(6-8)3-4-13-11(12)14/h5-7H,3-4H2,1-2H3,(H3,12,13,14). The molecule has 0 bridgehead atoms. The van der Waals surface area contributed by atoms with Gasteiger partial charge in [-0.3, -0.25) is 0 Å². The maximum atomic E-state index is 5.34. The first-order chi connectivity index (χ1) is 6.58. The van der Waals surface area contributed by atoms with Crippen LogP contribution in [0.25, 0.3) is 0 Å². The fourth-order valence-corrected chi connectivity index (χ4v) is 1.65. The lowest BCUT2D eigenvalue weighted by Gasteiger charge is -2.06. The van der Waals surface area contributed by atoms with Crippen molar-refractivity contribution >= 4 is 17.3 Å². The molecule has 0 spiro atoms. The average Bonchev–Trinajstić information content (AvgIpc) is 2.01. The van der Waals surface area contributed by atoms with Crippen molar-refractivity contribution in [2.24, 2.45) is 5.73 Å². The number of aryl methyl sites for hydroxylation is 2. The summed E-state index contributed by atoms with van der Waals surface area (Å²) in [4.78, 5) is 0. The summed E-state index contributed by atoms with van der Waals surface area (Å²) in [6.45, 7) is 5.02. The third-order valence-electron chi connectivity index (χ3n) is 1.99. The molecule has 0 unspecified atom stereocenters. The molecular weight excluding hydrogens is 192 g/mol. The number of nitrogens with two attached hydrogens (primary N) is 1. The minimum atomic E-state index is 0.370. The molecule has 14 heavy (non-hydrogen) atoms. The topological polar surface area (TPSA) is 38.0 Å². The van der Waals surface area contributed by atoms with Crippen molar-refractivity contribution in [1.29, 1.82) is 0 Å². The first-order valence-electron chi connectivity index (χ1n) is 4.68. The summed E-state index contributed by atoms with van der Waals surface area (Å²) in [5, 5.41) is 3.31. The van der Waals surface area contributed by atoms with E-state index in [4.69, 9.17) is 18.0 Å². The largest absolute Gasteiger partial charge is 0.376 e. The fraction of sp³-hybridized carbons (Fsp3) is 0.364. The second kappa shape index (κ2) is 4.96. The van der Waals surface area contributed by atoms with Crippen LogP contribution < -0.4 is 11.1 Å². The lowest BCUT2D eigenvalue weighted by Crippen LogP contribution is -2.30. The number of hydrogen-bond donors (Lipinski definition) is 2. The predicted molar refractivity (Wildman–Crippen MR) is 64.4 cm³/mol. The fourth-order valence-electron chi connectivity index (χ4n) is 1.54. The maximum absolute atomic E-state index is 5.34. The average molecular weight is 208 g/mol. The summed E-state index contributed by atoms with van der Waals surface area (Å²) in [5.41, 5.74) is 9.26. The predicted octanol–water partition coefficient (Wildman–Crippen LogP) is 1.68. The summed E-state index contributed by atoms with van der Waals surface area (Å²) in [5.74, 6) is 0. The molecule has 3 heteroatoms. The normalized spacial score (nSPS) is 9.86. The molecule has 0 heterocycles. The molecule has 0 radical (unpaired) electrons. The quantitative estimate of drug-likeness (QED) is 0.742. The molecule has 1 rings (SSSR count). The number of nitrogens with one attached hydrogen (secondary N) is 1. The van der Waals surface area contributed by atoms with E-state index in [9.17, 15) is 0 Å². The first kappa shape index (κ1) is 11.0. The van der Waals surface area contributed by atoms with Gasteiger partial charge in [-0.25, -0.2) is 0 Å². The van der Waals surface area contributed by atoms with Gasteiger partial charge < -0.3 is 11.1 Å². The Morgan fingerprint density at radius 2 is 1.86 bits per heavy atom. The third-order valence-corrected chi connectivity index (χ3v) is 2.14. The van der Waals surface area contributed by atoms with E-state index in [0.717, 1.165) is 13.0 Å². The first-order valence-corrected chi connectivity index (χ1v) is 5.09. The monoisotopic (exact) mass is 208 g/mol. The summed E-state index contributed by atoms with van der Waals surface area (Å²) in [6.07, 6.45) is 0.958. The Balaban J connectivity index is 2.54. The van der Waals surface area contributed by atoms with Crippen molar-refractivity contribution in [3.05, 3.63) is 34.9 Å². The molecular formula is C11H16N2S. The van der Waals surface area contributed by atoms with Crippen molar-refractivity contribution < 1.29 is 0 Å². The van der Waals surface area contributed by atoms with Crippen molar-refractivity contribution in [1.82, 2.24) is 5.32 Å². The molecule has 0 atom stereocenters. The van der Waals surface area contributed by atoms with Crippen molar-refractivity contribution in [3.63, 3.8) is 0 Å². The highest BCUT2D eigenvalue weighted by Gasteiger charge is 1.96. The van der Waals surface area contributed by atoms with Gasteiger partial charge in [0.05, 0.1) is 0 Å². The summed E-state index contributed by atoms with van der Waals surface area (Å²) < 4.78 is 0. The molecule has 0 aliphatic heterocycles. The lowest BCUT2D eigenvalue weighted by molar-refractivity contribution is 0.867. The van der Waals surface area contributed by atoms with E-state index in [1.807, 2.05) is 0 Å². The van der Waals surface area contributed by atoms with Gasteiger partial charge in [0.25, 0.3) is 0 Å². The Labute approximate surface area is 90.5 Å². The molecule has 76 valence electrons. The van der Waals surface area contributed by atoms with Gasteiger partial charge >= 0.3 is 0 Å². The van der Waals surface area contributed by atoms with Gasteiger partial charge in [0.15, 0.2) is 5.11 Å². The van der Waals surface area contributed by atoms with Gasteiger partial charge in [-0.05, 0) is 38.0 Å². The number of hydrogen-bond acceptors (Lipinski definition) is 1. The number of benzene rings is 1. The second-order valence-corrected chi connectivity index (χ2v) is 3.98. The highest BCUT2D eigenvalue weighted by molar-refractivity contribution is 7.80.